The maximum atomic E-state index is 11.8. The number of amides is 1. The number of benzene rings is 2. The number of hydrogen-bond donors (Lipinski definition) is 2. The maximum absolute atomic E-state index is 11.8. The van der Waals surface area contributed by atoms with Crippen LogP contribution in [0.1, 0.15) is 47.9 Å². The highest BCUT2D eigenvalue weighted by atomic mass is 127. The van der Waals surface area contributed by atoms with Gasteiger partial charge in [-0.3, -0.25) is 9.79 Å². The van der Waals surface area contributed by atoms with E-state index in [9.17, 15) is 4.79 Å². The van der Waals surface area contributed by atoms with E-state index in [2.05, 4.69) is 78.0 Å². The Morgan fingerprint density at radius 1 is 1.07 bits per heavy atom. The lowest BCUT2D eigenvalue weighted by Crippen LogP contribution is -2.38. The number of nitrogens with zero attached hydrogens (tertiary/aromatic N) is 2. The van der Waals surface area contributed by atoms with Crippen LogP contribution in [0.15, 0.2) is 53.5 Å². The van der Waals surface area contributed by atoms with Crippen molar-refractivity contribution >= 4 is 35.8 Å². The summed E-state index contributed by atoms with van der Waals surface area (Å²) in [5, 5.41) is 6.79. The molecule has 162 valence electrons. The molecule has 1 atom stereocenters. The molecule has 1 aliphatic rings. The van der Waals surface area contributed by atoms with Crippen LogP contribution in [-0.2, 0) is 17.9 Å². The van der Waals surface area contributed by atoms with E-state index < -0.39 is 0 Å². The zero-order valence-electron chi connectivity index (χ0n) is 18.1. The van der Waals surface area contributed by atoms with Crippen LogP contribution in [0.2, 0.25) is 0 Å². The first kappa shape index (κ1) is 24.2. The molecule has 1 amide bonds. The summed E-state index contributed by atoms with van der Waals surface area (Å²) in [4.78, 5) is 18.0. The first-order valence-corrected chi connectivity index (χ1v) is 10.4. The second kappa shape index (κ2) is 11.9. The second-order valence-corrected chi connectivity index (χ2v) is 7.85. The van der Waals surface area contributed by atoms with Crippen molar-refractivity contribution in [2.24, 2.45) is 4.99 Å². The summed E-state index contributed by atoms with van der Waals surface area (Å²) in [6, 6.07) is 17.1. The summed E-state index contributed by atoms with van der Waals surface area (Å²) >= 11 is 0. The van der Waals surface area contributed by atoms with E-state index in [1.54, 1.807) is 7.05 Å². The summed E-state index contributed by atoms with van der Waals surface area (Å²) in [6.45, 7) is 7.45. The molecule has 1 fully saturated rings. The number of nitrogens with one attached hydrogen (secondary N) is 2. The number of halogens is 1. The van der Waals surface area contributed by atoms with Gasteiger partial charge in [-0.15, -0.1) is 24.0 Å². The van der Waals surface area contributed by atoms with Crippen molar-refractivity contribution in [3.8, 4) is 0 Å². The van der Waals surface area contributed by atoms with Crippen LogP contribution in [0.25, 0.3) is 0 Å². The van der Waals surface area contributed by atoms with Crippen molar-refractivity contribution in [1.82, 2.24) is 15.5 Å². The number of carbonyl (C=O) groups excluding carboxylic acids is 1. The van der Waals surface area contributed by atoms with Gasteiger partial charge in [0.1, 0.15) is 0 Å². The topological polar surface area (TPSA) is 56.7 Å². The van der Waals surface area contributed by atoms with Gasteiger partial charge < -0.3 is 15.5 Å². The van der Waals surface area contributed by atoms with Gasteiger partial charge in [-0.2, -0.15) is 0 Å². The smallest absolute Gasteiger partial charge is 0.222 e. The zero-order valence-corrected chi connectivity index (χ0v) is 20.5. The number of aliphatic imine (C=N–C) groups is 1. The fraction of sp³-hybridized carbons (Fsp3) is 0.417. The molecular weight excluding hydrogens is 487 g/mol. The average molecular weight is 520 g/mol. The molecule has 2 aromatic carbocycles. The highest BCUT2D eigenvalue weighted by molar-refractivity contribution is 14.0. The van der Waals surface area contributed by atoms with Crippen LogP contribution < -0.4 is 10.6 Å². The molecule has 0 bridgehead atoms. The molecule has 5 nitrogen and oxygen atoms in total. The summed E-state index contributed by atoms with van der Waals surface area (Å²) < 4.78 is 0. The van der Waals surface area contributed by atoms with Crippen molar-refractivity contribution in [3.05, 3.63) is 70.8 Å². The average Bonchev–Trinajstić information content (AvgIpc) is 3.14. The van der Waals surface area contributed by atoms with Crippen LogP contribution in [0, 0.1) is 6.92 Å². The van der Waals surface area contributed by atoms with E-state index in [1.807, 2.05) is 4.90 Å². The third-order valence-corrected chi connectivity index (χ3v) is 5.47. The fourth-order valence-corrected chi connectivity index (χ4v) is 3.52. The van der Waals surface area contributed by atoms with Gasteiger partial charge in [-0.05, 0) is 36.0 Å². The van der Waals surface area contributed by atoms with Crippen molar-refractivity contribution in [3.63, 3.8) is 0 Å². The van der Waals surface area contributed by atoms with Crippen LogP contribution in [0.3, 0.4) is 0 Å². The first-order chi connectivity index (χ1) is 14.0. The van der Waals surface area contributed by atoms with E-state index in [1.165, 1.54) is 22.3 Å². The standard InChI is InChI=1S/C24H32N4O.HI/c1-18-6-12-22(13-7-18)19(2)15-26-24(25-3)27-16-20-8-10-21(11-9-20)17-28-14-4-5-23(28)29;/h6-13,19H,4-5,14-17H2,1-3H3,(H2,25,26,27);1H. The first-order valence-electron chi connectivity index (χ1n) is 10.4. The predicted molar refractivity (Wildman–Crippen MR) is 134 cm³/mol. The van der Waals surface area contributed by atoms with E-state index in [4.69, 9.17) is 0 Å². The van der Waals surface area contributed by atoms with Crippen molar-refractivity contribution in [2.45, 2.75) is 45.7 Å². The third-order valence-electron chi connectivity index (χ3n) is 5.47. The Labute approximate surface area is 197 Å². The minimum Gasteiger partial charge on any atom is -0.356 e. The van der Waals surface area contributed by atoms with Crippen LogP contribution in [0.4, 0.5) is 0 Å². The van der Waals surface area contributed by atoms with E-state index in [-0.39, 0.29) is 29.9 Å². The minimum absolute atomic E-state index is 0. The molecule has 2 aromatic rings. The second-order valence-electron chi connectivity index (χ2n) is 7.85. The van der Waals surface area contributed by atoms with E-state index >= 15 is 0 Å². The highest BCUT2D eigenvalue weighted by Crippen LogP contribution is 2.16. The van der Waals surface area contributed by atoms with Crippen LogP contribution in [-0.4, -0.2) is 36.9 Å². The lowest BCUT2D eigenvalue weighted by atomic mass is 10.0. The lowest BCUT2D eigenvalue weighted by molar-refractivity contribution is -0.128. The molecule has 2 N–H and O–H groups in total. The minimum atomic E-state index is 0. The van der Waals surface area contributed by atoms with Crippen molar-refractivity contribution in [2.75, 3.05) is 20.1 Å². The number of hydrogen-bond acceptors (Lipinski definition) is 2. The monoisotopic (exact) mass is 520 g/mol. The molecule has 30 heavy (non-hydrogen) atoms. The molecule has 1 heterocycles. The summed E-state index contributed by atoms with van der Waals surface area (Å²) in [5.41, 5.74) is 4.98. The molecule has 0 aromatic heterocycles. The molecule has 1 saturated heterocycles. The SMILES string of the molecule is CN=C(NCc1ccc(CN2CCCC2=O)cc1)NCC(C)c1ccc(C)cc1.I. The van der Waals surface area contributed by atoms with Gasteiger partial charge in [-0.25, -0.2) is 0 Å². The predicted octanol–water partition coefficient (Wildman–Crippen LogP) is 4.20. The Hall–Kier alpha value is -2.09. The Morgan fingerprint density at radius 3 is 2.33 bits per heavy atom. The molecule has 1 unspecified atom stereocenters. The number of carbonyl (C=O) groups is 1. The normalized spacial score (nSPS) is 15.0. The van der Waals surface area contributed by atoms with Gasteiger partial charge in [0, 0.05) is 39.6 Å². The molecule has 0 aliphatic carbocycles. The van der Waals surface area contributed by atoms with Gasteiger partial charge in [0.15, 0.2) is 5.96 Å². The number of aryl methyl sites for hydroxylation is 1. The number of rotatable bonds is 7. The summed E-state index contributed by atoms with van der Waals surface area (Å²) in [6.07, 6.45) is 1.67. The molecule has 6 heteroatoms. The Bertz CT molecular complexity index is 833. The number of guanidine groups is 1. The van der Waals surface area contributed by atoms with Crippen molar-refractivity contribution < 1.29 is 4.79 Å². The van der Waals surface area contributed by atoms with Gasteiger partial charge in [-0.1, -0.05) is 61.0 Å². The van der Waals surface area contributed by atoms with Gasteiger partial charge in [0.2, 0.25) is 5.91 Å². The zero-order chi connectivity index (χ0) is 20.6. The molecular formula is C24H33IN4O. The van der Waals surface area contributed by atoms with E-state index in [0.717, 1.165) is 25.5 Å². The number of likely N-dealkylation sites (tertiary alicyclic amines) is 1. The van der Waals surface area contributed by atoms with Gasteiger partial charge in [0.05, 0.1) is 0 Å². The third kappa shape index (κ3) is 7.00. The quantitative estimate of drug-likeness (QED) is 0.327. The summed E-state index contributed by atoms with van der Waals surface area (Å²) in [7, 11) is 1.79. The largest absolute Gasteiger partial charge is 0.356 e. The fourth-order valence-electron chi connectivity index (χ4n) is 3.52. The maximum Gasteiger partial charge on any atom is 0.222 e. The van der Waals surface area contributed by atoms with Crippen LogP contribution >= 0.6 is 24.0 Å². The van der Waals surface area contributed by atoms with Crippen LogP contribution in [0.5, 0.6) is 0 Å². The van der Waals surface area contributed by atoms with Gasteiger partial charge >= 0.3 is 0 Å². The Balaban J connectivity index is 0.00000320. The molecule has 1 aliphatic heterocycles. The highest BCUT2D eigenvalue weighted by Gasteiger charge is 2.19. The summed E-state index contributed by atoms with van der Waals surface area (Å²) in [5.74, 6) is 1.47. The lowest BCUT2D eigenvalue weighted by Gasteiger charge is -2.17. The molecule has 3 rings (SSSR count). The Kier molecular flexibility index (Phi) is 9.62. The molecule has 0 spiro atoms. The molecule has 0 radical (unpaired) electrons. The van der Waals surface area contributed by atoms with Crippen molar-refractivity contribution in [1.29, 1.82) is 0 Å². The van der Waals surface area contributed by atoms with Gasteiger partial charge in [0.25, 0.3) is 0 Å². The Morgan fingerprint density at radius 2 is 1.73 bits per heavy atom. The van der Waals surface area contributed by atoms with E-state index in [0.29, 0.717) is 25.4 Å². The molecule has 0 saturated carbocycles.